The van der Waals surface area contributed by atoms with Crippen LogP contribution in [0.15, 0.2) is 0 Å². The molecule has 6 nitrogen and oxygen atoms in total. The van der Waals surface area contributed by atoms with Crippen LogP contribution in [0.3, 0.4) is 0 Å². The molecule has 8 heteroatoms. The second kappa shape index (κ2) is 6.60. The van der Waals surface area contributed by atoms with Gasteiger partial charge in [0.2, 0.25) is 5.91 Å². The number of likely N-dealkylation sites (tertiary alicyclic amines) is 1. The zero-order valence-corrected chi connectivity index (χ0v) is 9.59. The first-order valence-electron chi connectivity index (χ1n) is 5.48. The summed E-state index contributed by atoms with van der Waals surface area (Å²) in [5.41, 5.74) is 0. The van der Waals surface area contributed by atoms with Crippen LogP contribution in [0, 0.1) is 0 Å². The van der Waals surface area contributed by atoms with Crippen LogP contribution in [0.25, 0.3) is 0 Å². The number of halogens is 2. The fourth-order valence-electron chi connectivity index (χ4n) is 1.80. The average molecular weight is 267 g/mol. The van der Waals surface area contributed by atoms with Gasteiger partial charge in [-0.05, 0) is 0 Å². The number of aliphatic hydroxyl groups is 1. The van der Waals surface area contributed by atoms with Crippen molar-refractivity contribution in [2.75, 3.05) is 19.8 Å². The molecule has 1 aliphatic heterocycles. The number of hydrogen-bond donors (Lipinski definition) is 2. The Hall–Kier alpha value is -1.28. The highest BCUT2D eigenvalue weighted by molar-refractivity contribution is 5.84. The van der Waals surface area contributed by atoms with E-state index in [9.17, 15) is 23.5 Å². The van der Waals surface area contributed by atoms with Crippen LogP contribution < -0.4 is 0 Å². The number of amides is 1. The zero-order chi connectivity index (χ0) is 13.7. The van der Waals surface area contributed by atoms with Crippen molar-refractivity contribution in [3.05, 3.63) is 0 Å². The third kappa shape index (κ3) is 4.19. The number of hydrogen-bond acceptors (Lipinski definition) is 4. The summed E-state index contributed by atoms with van der Waals surface area (Å²) in [5, 5.41) is 18.2. The van der Waals surface area contributed by atoms with Gasteiger partial charge in [0.25, 0.3) is 6.43 Å². The molecule has 0 aromatic heterocycles. The summed E-state index contributed by atoms with van der Waals surface area (Å²) in [6, 6.07) is -1.05. The molecule has 0 spiro atoms. The van der Waals surface area contributed by atoms with Crippen LogP contribution in [-0.2, 0) is 14.3 Å². The lowest BCUT2D eigenvalue weighted by atomic mass is 10.2. The maximum atomic E-state index is 11.7. The number of carboxylic acid groups (broad SMARTS) is 1. The molecule has 18 heavy (non-hydrogen) atoms. The molecule has 1 heterocycles. The molecule has 2 N–H and O–H groups in total. The van der Waals surface area contributed by atoms with Gasteiger partial charge in [-0.1, -0.05) is 0 Å². The molecule has 0 radical (unpaired) electrons. The van der Waals surface area contributed by atoms with Crippen molar-refractivity contribution in [3.63, 3.8) is 0 Å². The Labute approximate surface area is 102 Å². The van der Waals surface area contributed by atoms with Gasteiger partial charge in [0.1, 0.15) is 12.6 Å². The Morgan fingerprint density at radius 3 is 2.67 bits per heavy atom. The molecule has 0 aromatic rings. The number of β-amino-alcohol motifs (C(OH)–C–C–N with tert-alkyl or cyclic N) is 1. The van der Waals surface area contributed by atoms with Gasteiger partial charge in [0.15, 0.2) is 0 Å². The molecule has 1 aliphatic rings. The zero-order valence-electron chi connectivity index (χ0n) is 9.59. The molecule has 1 saturated heterocycles. The van der Waals surface area contributed by atoms with E-state index in [0.29, 0.717) is 0 Å². The van der Waals surface area contributed by atoms with Gasteiger partial charge in [-0.3, -0.25) is 4.79 Å². The van der Waals surface area contributed by atoms with E-state index in [2.05, 4.69) is 4.74 Å². The van der Waals surface area contributed by atoms with E-state index in [1.807, 2.05) is 0 Å². The maximum Gasteiger partial charge on any atom is 0.326 e. The summed E-state index contributed by atoms with van der Waals surface area (Å²) >= 11 is 0. The lowest BCUT2D eigenvalue weighted by Crippen LogP contribution is -2.41. The SMILES string of the molecule is O=C(O)[C@H]1C[C@@H](O)CN1C(=O)CCOCC(F)F. The van der Waals surface area contributed by atoms with Crippen molar-refractivity contribution in [2.45, 2.75) is 31.4 Å². The van der Waals surface area contributed by atoms with Crippen LogP contribution in [-0.4, -0.2) is 65.3 Å². The summed E-state index contributed by atoms with van der Waals surface area (Å²) in [4.78, 5) is 23.5. The van der Waals surface area contributed by atoms with Gasteiger partial charge >= 0.3 is 5.97 Å². The van der Waals surface area contributed by atoms with Gasteiger partial charge in [0.05, 0.1) is 19.1 Å². The molecule has 1 amide bonds. The first kappa shape index (κ1) is 14.8. The first-order valence-corrected chi connectivity index (χ1v) is 5.48. The Balaban J connectivity index is 2.38. The Morgan fingerprint density at radius 2 is 2.11 bits per heavy atom. The molecule has 2 atom stereocenters. The summed E-state index contributed by atoms with van der Waals surface area (Å²) in [7, 11) is 0. The van der Waals surface area contributed by atoms with Gasteiger partial charge in [0, 0.05) is 13.0 Å². The van der Waals surface area contributed by atoms with E-state index in [0.717, 1.165) is 4.90 Å². The van der Waals surface area contributed by atoms with Gasteiger partial charge < -0.3 is 19.8 Å². The predicted octanol–water partition coefficient (Wildman–Crippen LogP) is -0.295. The number of carboxylic acids is 1. The second-order valence-electron chi connectivity index (χ2n) is 4.01. The summed E-state index contributed by atoms with van der Waals surface area (Å²) < 4.78 is 28.0. The number of alkyl halides is 2. The van der Waals surface area contributed by atoms with E-state index >= 15 is 0 Å². The highest BCUT2D eigenvalue weighted by Gasteiger charge is 2.38. The standard InChI is InChI=1S/C10H15F2NO5/c11-8(12)5-18-2-1-9(15)13-4-6(14)3-7(13)10(16)17/h6-8,14H,1-5H2,(H,16,17)/t6-,7-/m1/s1. The molecule has 0 aliphatic carbocycles. The monoisotopic (exact) mass is 267 g/mol. The van der Waals surface area contributed by atoms with Gasteiger partial charge in [-0.25, -0.2) is 13.6 Å². The number of rotatable bonds is 6. The number of nitrogens with zero attached hydrogens (tertiary/aromatic N) is 1. The highest BCUT2D eigenvalue weighted by Crippen LogP contribution is 2.19. The van der Waals surface area contributed by atoms with E-state index < -0.39 is 37.1 Å². The Bertz CT molecular complexity index is 313. The first-order chi connectivity index (χ1) is 8.41. The molecule has 0 bridgehead atoms. The van der Waals surface area contributed by atoms with Crippen molar-refractivity contribution in [1.82, 2.24) is 4.90 Å². The van der Waals surface area contributed by atoms with Crippen LogP contribution in [0.2, 0.25) is 0 Å². The van der Waals surface area contributed by atoms with Crippen molar-refractivity contribution < 1.29 is 33.3 Å². The minimum atomic E-state index is -2.60. The van der Waals surface area contributed by atoms with Crippen molar-refractivity contribution in [3.8, 4) is 0 Å². The number of carbonyl (C=O) groups excluding carboxylic acids is 1. The minimum absolute atomic E-state index is 0.0149. The van der Waals surface area contributed by atoms with Gasteiger partial charge in [-0.2, -0.15) is 0 Å². The number of aliphatic hydroxyl groups excluding tert-OH is 1. The number of aliphatic carboxylic acids is 1. The lowest BCUT2D eigenvalue weighted by Gasteiger charge is -2.21. The second-order valence-corrected chi connectivity index (χ2v) is 4.01. The quantitative estimate of drug-likeness (QED) is 0.645. The summed E-state index contributed by atoms with van der Waals surface area (Å²) in [5.74, 6) is -1.71. The average Bonchev–Trinajstić information content (AvgIpc) is 2.66. The molecular formula is C10H15F2NO5. The third-order valence-corrected chi connectivity index (χ3v) is 2.59. The predicted molar refractivity (Wildman–Crippen MR) is 55.2 cm³/mol. The van der Waals surface area contributed by atoms with Crippen LogP contribution >= 0.6 is 0 Å². The lowest BCUT2D eigenvalue weighted by molar-refractivity contribution is -0.148. The van der Waals surface area contributed by atoms with E-state index in [4.69, 9.17) is 5.11 Å². The fourth-order valence-corrected chi connectivity index (χ4v) is 1.80. The van der Waals surface area contributed by atoms with E-state index in [1.165, 1.54) is 0 Å². The van der Waals surface area contributed by atoms with Gasteiger partial charge in [-0.15, -0.1) is 0 Å². The van der Waals surface area contributed by atoms with Crippen LogP contribution in [0.4, 0.5) is 8.78 Å². The smallest absolute Gasteiger partial charge is 0.326 e. The van der Waals surface area contributed by atoms with Crippen molar-refractivity contribution in [1.29, 1.82) is 0 Å². The Morgan fingerprint density at radius 1 is 1.44 bits per heavy atom. The number of ether oxygens (including phenoxy) is 1. The molecule has 0 unspecified atom stereocenters. The van der Waals surface area contributed by atoms with E-state index in [1.54, 1.807) is 0 Å². The summed E-state index contributed by atoms with van der Waals surface area (Å²) in [6.45, 7) is -0.995. The van der Waals surface area contributed by atoms with Crippen molar-refractivity contribution in [2.24, 2.45) is 0 Å². The van der Waals surface area contributed by atoms with Crippen LogP contribution in [0.1, 0.15) is 12.8 Å². The third-order valence-electron chi connectivity index (χ3n) is 2.59. The van der Waals surface area contributed by atoms with Crippen molar-refractivity contribution >= 4 is 11.9 Å². The highest BCUT2D eigenvalue weighted by atomic mass is 19.3. The van der Waals surface area contributed by atoms with Crippen LogP contribution in [0.5, 0.6) is 0 Å². The molecular weight excluding hydrogens is 252 g/mol. The largest absolute Gasteiger partial charge is 0.480 e. The fraction of sp³-hybridized carbons (Fsp3) is 0.800. The molecule has 1 rings (SSSR count). The van der Waals surface area contributed by atoms with E-state index in [-0.39, 0.29) is 26.0 Å². The Kier molecular flexibility index (Phi) is 5.42. The topological polar surface area (TPSA) is 87.1 Å². The molecule has 0 aromatic carbocycles. The molecule has 0 saturated carbocycles. The molecule has 104 valence electrons. The minimum Gasteiger partial charge on any atom is -0.480 e. The maximum absolute atomic E-state index is 11.7. The number of carbonyl (C=O) groups is 2. The normalized spacial score (nSPS) is 23.7. The summed E-state index contributed by atoms with van der Waals surface area (Å²) in [6.07, 6.45) is -3.65. The molecule has 1 fully saturated rings.